The van der Waals surface area contributed by atoms with E-state index in [2.05, 4.69) is 5.10 Å². The highest BCUT2D eigenvalue weighted by atomic mass is 35.5. The minimum atomic E-state index is 0.186. The molecule has 0 atom stereocenters. The van der Waals surface area contributed by atoms with Gasteiger partial charge in [0.2, 0.25) is 0 Å². The van der Waals surface area contributed by atoms with Gasteiger partial charge in [0.05, 0.1) is 16.4 Å². The monoisotopic (exact) mass is 272 g/mol. The summed E-state index contributed by atoms with van der Waals surface area (Å²) >= 11 is 6.16. The molecule has 0 aliphatic heterocycles. The molecule has 0 amide bonds. The van der Waals surface area contributed by atoms with E-state index in [-0.39, 0.29) is 5.78 Å². The van der Waals surface area contributed by atoms with Gasteiger partial charge in [-0.3, -0.25) is 9.48 Å². The first-order valence-electron chi connectivity index (χ1n) is 6.41. The second-order valence-electron chi connectivity index (χ2n) is 4.18. The van der Waals surface area contributed by atoms with Crippen molar-refractivity contribution in [1.29, 1.82) is 0 Å². The summed E-state index contributed by atoms with van der Waals surface area (Å²) in [5.41, 5.74) is 1.62. The van der Waals surface area contributed by atoms with Crippen molar-refractivity contribution in [2.75, 3.05) is 13.2 Å². The van der Waals surface area contributed by atoms with Crippen molar-refractivity contribution < 1.29 is 9.53 Å². The Labute approximate surface area is 113 Å². The van der Waals surface area contributed by atoms with Gasteiger partial charge in [0.25, 0.3) is 0 Å². The molecule has 4 nitrogen and oxygen atoms in total. The van der Waals surface area contributed by atoms with Crippen LogP contribution in [0.1, 0.15) is 38.1 Å². The van der Waals surface area contributed by atoms with Crippen molar-refractivity contribution in [2.24, 2.45) is 0 Å². The summed E-state index contributed by atoms with van der Waals surface area (Å²) in [6, 6.07) is 0. The Bertz CT molecular complexity index is 402. The number of ether oxygens (including phenoxy) is 1. The number of carbonyl (C=O) groups excluding carboxylic acids is 1. The Morgan fingerprint density at radius 1 is 1.44 bits per heavy atom. The van der Waals surface area contributed by atoms with Gasteiger partial charge in [-0.05, 0) is 27.2 Å². The van der Waals surface area contributed by atoms with Gasteiger partial charge in [-0.25, -0.2) is 0 Å². The van der Waals surface area contributed by atoms with Crippen LogP contribution in [0.15, 0.2) is 0 Å². The second kappa shape index (κ2) is 7.54. The topological polar surface area (TPSA) is 44.1 Å². The largest absolute Gasteiger partial charge is 0.382 e. The lowest BCUT2D eigenvalue weighted by atomic mass is 10.1. The summed E-state index contributed by atoms with van der Waals surface area (Å²) in [6.07, 6.45) is 1.66. The minimum absolute atomic E-state index is 0.186. The first-order chi connectivity index (χ1) is 8.60. The Hall–Kier alpha value is -0.870. The summed E-state index contributed by atoms with van der Waals surface area (Å²) in [5, 5.41) is 4.92. The van der Waals surface area contributed by atoms with Gasteiger partial charge >= 0.3 is 0 Å². The number of Topliss-reactive ketones (excluding diaryl/α,β-unsaturated/α-hetero) is 1. The maximum Gasteiger partial charge on any atom is 0.138 e. The molecule has 102 valence electrons. The van der Waals surface area contributed by atoms with Crippen molar-refractivity contribution in [3.05, 3.63) is 16.4 Å². The third kappa shape index (κ3) is 4.10. The third-order valence-electron chi connectivity index (χ3n) is 2.77. The average molecular weight is 273 g/mol. The van der Waals surface area contributed by atoms with Gasteiger partial charge < -0.3 is 4.74 Å². The van der Waals surface area contributed by atoms with Crippen LogP contribution < -0.4 is 0 Å². The molecule has 1 aromatic heterocycles. The summed E-state index contributed by atoms with van der Waals surface area (Å²) in [5.74, 6) is 0.186. The third-order valence-corrected chi connectivity index (χ3v) is 3.26. The Kier molecular flexibility index (Phi) is 6.36. The summed E-state index contributed by atoms with van der Waals surface area (Å²) in [7, 11) is 0. The number of hydrogen-bond donors (Lipinski definition) is 0. The van der Waals surface area contributed by atoms with Crippen molar-refractivity contribution in [3.63, 3.8) is 0 Å². The van der Waals surface area contributed by atoms with Crippen molar-refractivity contribution in [3.8, 4) is 0 Å². The van der Waals surface area contributed by atoms with Gasteiger partial charge in [-0.1, -0.05) is 11.6 Å². The Morgan fingerprint density at radius 3 is 2.78 bits per heavy atom. The zero-order valence-corrected chi connectivity index (χ0v) is 12.1. The van der Waals surface area contributed by atoms with E-state index in [4.69, 9.17) is 16.3 Å². The molecule has 18 heavy (non-hydrogen) atoms. The molecular formula is C13H21ClN2O2. The van der Waals surface area contributed by atoms with Crippen LogP contribution in [-0.2, 0) is 22.5 Å². The quantitative estimate of drug-likeness (QED) is 0.684. The molecule has 0 N–H and O–H groups in total. The van der Waals surface area contributed by atoms with Crippen LogP contribution in [0.25, 0.3) is 0 Å². The summed E-state index contributed by atoms with van der Waals surface area (Å²) in [6.45, 7) is 7.87. The minimum Gasteiger partial charge on any atom is -0.382 e. The molecule has 1 rings (SSSR count). The van der Waals surface area contributed by atoms with E-state index < -0.39 is 0 Å². The van der Waals surface area contributed by atoms with Crippen LogP contribution in [0, 0.1) is 6.92 Å². The molecule has 0 aliphatic carbocycles. The summed E-state index contributed by atoms with van der Waals surface area (Å²) < 4.78 is 7.01. The van der Waals surface area contributed by atoms with E-state index in [9.17, 15) is 4.79 Å². The van der Waals surface area contributed by atoms with Gasteiger partial charge in [0.1, 0.15) is 5.78 Å². The molecule has 0 aromatic carbocycles. The molecule has 0 aliphatic rings. The van der Waals surface area contributed by atoms with Gasteiger partial charge in [-0.2, -0.15) is 5.10 Å². The molecule has 0 radical (unpaired) electrons. The normalized spacial score (nSPS) is 10.9. The smallest absolute Gasteiger partial charge is 0.138 e. The molecule has 0 spiro atoms. The van der Waals surface area contributed by atoms with E-state index in [0.717, 1.165) is 24.4 Å². The van der Waals surface area contributed by atoms with Crippen molar-refractivity contribution in [2.45, 2.75) is 46.6 Å². The number of nitrogens with zero attached hydrogens (tertiary/aromatic N) is 2. The molecule has 1 heterocycles. The molecule has 0 unspecified atom stereocenters. The van der Waals surface area contributed by atoms with Crippen LogP contribution in [0.5, 0.6) is 0 Å². The maximum absolute atomic E-state index is 11.8. The first kappa shape index (κ1) is 15.2. The SMILES string of the molecule is CCOCCCC(=O)Cc1c(Cl)c(C)nn1CC. The predicted octanol–water partition coefficient (Wildman–Crippen LogP) is 2.79. The van der Waals surface area contributed by atoms with E-state index in [1.165, 1.54) is 0 Å². The van der Waals surface area contributed by atoms with Gasteiger partial charge in [-0.15, -0.1) is 0 Å². The number of rotatable bonds is 8. The molecule has 0 fully saturated rings. The lowest BCUT2D eigenvalue weighted by Gasteiger charge is -2.05. The Morgan fingerprint density at radius 2 is 2.17 bits per heavy atom. The van der Waals surface area contributed by atoms with Crippen LogP contribution in [0.3, 0.4) is 0 Å². The number of aromatic nitrogens is 2. The maximum atomic E-state index is 11.8. The van der Waals surface area contributed by atoms with Crippen LogP contribution in [0.2, 0.25) is 5.02 Å². The van der Waals surface area contributed by atoms with Crippen LogP contribution in [0.4, 0.5) is 0 Å². The average Bonchev–Trinajstić information content (AvgIpc) is 2.62. The first-order valence-corrected chi connectivity index (χ1v) is 6.79. The molecule has 5 heteroatoms. The van der Waals surface area contributed by atoms with Crippen LogP contribution in [-0.4, -0.2) is 28.8 Å². The zero-order chi connectivity index (χ0) is 13.5. The zero-order valence-electron chi connectivity index (χ0n) is 11.3. The lowest BCUT2D eigenvalue weighted by Crippen LogP contribution is -2.10. The fourth-order valence-corrected chi connectivity index (χ4v) is 2.03. The number of carbonyl (C=O) groups is 1. The fraction of sp³-hybridized carbons (Fsp3) is 0.692. The highest BCUT2D eigenvalue weighted by Crippen LogP contribution is 2.21. The number of aryl methyl sites for hydroxylation is 2. The fourth-order valence-electron chi connectivity index (χ4n) is 1.83. The van der Waals surface area contributed by atoms with Crippen molar-refractivity contribution in [1.82, 2.24) is 9.78 Å². The number of halogens is 1. The van der Waals surface area contributed by atoms with E-state index >= 15 is 0 Å². The van der Waals surface area contributed by atoms with Crippen molar-refractivity contribution >= 4 is 17.4 Å². The molecule has 0 saturated carbocycles. The highest BCUT2D eigenvalue weighted by Gasteiger charge is 2.15. The van der Waals surface area contributed by atoms with Gasteiger partial charge in [0, 0.05) is 32.6 Å². The van der Waals surface area contributed by atoms with Gasteiger partial charge in [0.15, 0.2) is 0 Å². The summed E-state index contributed by atoms with van der Waals surface area (Å²) in [4.78, 5) is 11.8. The van der Waals surface area contributed by atoms with E-state index in [0.29, 0.717) is 31.1 Å². The highest BCUT2D eigenvalue weighted by molar-refractivity contribution is 6.32. The molecular weight excluding hydrogens is 252 g/mol. The molecule has 0 saturated heterocycles. The molecule has 1 aromatic rings. The predicted molar refractivity (Wildman–Crippen MR) is 72.1 cm³/mol. The van der Waals surface area contributed by atoms with E-state index in [1.807, 2.05) is 20.8 Å². The standard InChI is InChI=1S/C13H21ClN2O2/c1-4-16-12(13(14)10(3)15-16)9-11(17)7-6-8-18-5-2/h4-9H2,1-3H3. The lowest BCUT2D eigenvalue weighted by molar-refractivity contribution is -0.118. The Balaban J connectivity index is 2.53. The van der Waals surface area contributed by atoms with Crippen LogP contribution >= 0.6 is 11.6 Å². The molecule has 0 bridgehead atoms. The number of hydrogen-bond acceptors (Lipinski definition) is 3. The number of ketones is 1. The second-order valence-corrected chi connectivity index (χ2v) is 4.56. The van der Waals surface area contributed by atoms with E-state index in [1.54, 1.807) is 4.68 Å².